The zero-order valence-electron chi connectivity index (χ0n) is 14.9. The summed E-state index contributed by atoms with van der Waals surface area (Å²) in [4.78, 5) is 51.8. The van der Waals surface area contributed by atoms with E-state index in [9.17, 15) is 19.3 Å². The third kappa shape index (κ3) is 4.30. The number of H-pyrrole nitrogens is 1. The number of ether oxygens (including phenoxy) is 2. The van der Waals surface area contributed by atoms with Crippen LogP contribution in [0.1, 0.15) is 13.2 Å². The molecule has 5 atom stereocenters. The topological polar surface area (TPSA) is 238 Å². The van der Waals surface area contributed by atoms with Gasteiger partial charge in [0.05, 0.1) is 19.0 Å². The molecule has 1 aliphatic heterocycles. The van der Waals surface area contributed by atoms with Crippen LogP contribution in [0.15, 0.2) is 11.1 Å². The number of phosphoric ester groups is 1. The Morgan fingerprint density at radius 2 is 2.21 bits per heavy atom. The summed E-state index contributed by atoms with van der Waals surface area (Å²) in [6, 6.07) is 0. The smallest absolute Gasteiger partial charge is 0.456 e. The van der Waals surface area contributed by atoms with Crippen LogP contribution in [0.3, 0.4) is 0 Å². The van der Waals surface area contributed by atoms with E-state index in [0.29, 0.717) is 0 Å². The van der Waals surface area contributed by atoms with E-state index in [4.69, 9.17) is 30.7 Å². The van der Waals surface area contributed by atoms with Gasteiger partial charge in [-0.15, -0.1) is 0 Å². The number of hydrogen-bond donors (Lipinski definition) is 6. The van der Waals surface area contributed by atoms with E-state index in [1.165, 1.54) is 11.5 Å². The molecule has 1 unspecified atom stereocenters. The Hall–Kier alpha value is -2.39. The van der Waals surface area contributed by atoms with Crippen molar-refractivity contribution in [3.63, 3.8) is 0 Å². The van der Waals surface area contributed by atoms with Gasteiger partial charge in [0.1, 0.15) is 12.2 Å². The number of nitrogens with one attached hydrogen (secondary N) is 1. The van der Waals surface area contributed by atoms with Gasteiger partial charge in [0, 0.05) is 0 Å². The summed E-state index contributed by atoms with van der Waals surface area (Å²) in [5.74, 6) is -1.10. The van der Waals surface area contributed by atoms with E-state index in [1.807, 2.05) is 0 Å². The van der Waals surface area contributed by atoms with Crippen LogP contribution in [-0.4, -0.2) is 71.3 Å². The second kappa shape index (κ2) is 7.79. The summed E-state index contributed by atoms with van der Waals surface area (Å²) in [5, 5.41) is 10.7. The van der Waals surface area contributed by atoms with Gasteiger partial charge in [-0.2, -0.15) is 4.98 Å². The fourth-order valence-electron chi connectivity index (χ4n) is 3.03. The lowest BCUT2D eigenvalue weighted by Crippen LogP contribution is -2.42. The van der Waals surface area contributed by atoms with E-state index in [-0.39, 0.29) is 17.1 Å². The van der Waals surface area contributed by atoms with Gasteiger partial charge in [0.25, 0.3) is 5.56 Å². The fraction of sp³-hybridized carbons (Fsp3) is 0.538. The monoisotopic (exact) mass is 434 g/mol. The standard InChI is InChI=1S/C13H19N6O9P/c1-4(28-29(23,24)25)8-9(26-5(20)2-14)7(21)12(27-8)19-3-16-6-10(19)17-13(15)18-11(6)22/h3-4,7-9,12,21H,2,14H2,1H3,(H2,23,24,25)(H3,15,17,18,22)/t4?,7-,8-,9+,12-/m1/s1. The molecule has 2 aromatic rings. The summed E-state index contributed by atoms with van der Waals surface area (Å²) in [6.45, 7) is 0.755. The number of imidazole rings is 1. The molecule has 0 aromatic carbocycles. The molecular formula is C13H19N6O9P. The van der Waals surface area contributed by atoms with Crippen LogP contribution in [0, 0.1) is 0 Å². The highest BCUT2D eigenvalue weighted by Crippen LogP contribution is 2.42. The Kier molecular flexibility index (Phi) is 5.73. The highest BCUT2D eigenvalue weighted by atomic mass is 31.2. The van der Waals surface area contributed by atoms with E-state index < -0.39 is 56.5 Å². The molecule has 0 amide bonds. The van der Waals surface area contributed by atoms with Crippen LogP contribution in [0.5, 0.6) is 0 Å². The summed E-state index contributed by atoms with van der Waals surface area (Å²) in [5.41, 5.74) is 10.0. The second-order valence-corrected chi connectivity index (χ2v) is 7.41. The number of nitrogen functional groups attached to an aromatic ring is 1. The number of anilines is 1. The quantitative estimate of drug-likeness (QED) is 0.201. The molecule has 0 spiro atoms. The van der Waals surface area contributed by atoms with Crippen molar-refractivity contribution in [2.45, 2.75) is 37.6 Å². The number of carbonyl (C=O) groups is 1. The number of nitrogens with two attached hydrogens (primary N) is 2. The lowest BCUT2D eigenvalue weighted by molar-refractivity contribution is -0.156. The number of aromatic nitrogens is 4. The molecule has 3 heterocycles. The van der Waals surface area contributed by atoms with Crippen LogP contribution in [0.4, 0.5) is 5.95 Å². The Balaban J connectivity index is 1.99. The van der Waals surface area contributed by atoms with E-state index in [1.54, 1.807) is 0 Å². The summed E-state index contributed by atoms with van der Waals surface area (Å²) >= 11 is 0. The van der Waals surface area contributed by atoms with Gasteiger partial charge < -0.3 is 35.8 Å². The molecule has 160 valence electrons. The van der Waals surface area contributed by atoms with Crippen molar-refractivity contribution < 1.29 is 38.3 Å². The van der Waals surface area contributed by atoms with E-state index in [0.717, 1.165) is 6.33 Å². The molecule has 1 saturated heterocycles. The normalized spacial score (nSPS) is 26.0. The first kappa shape index (κ1) is 21.3. The fourth-order valence-corrected chi connectivity index (χ4v) is 3.58. The van der Waals surface area contributed by atoms with E-state index >= 15 is 0 Å². The number of nitrogens with zero attached hydrogens (tertiary/aromatic N) is 3. The Morgan fingerprint density at radius 3 is 2.83 bits per heavy atom. The molecule has 8 N–H and O–H groups in total. The maximum atomic E-state index is 11.9. The van der Waals surface area contributed by atoms with Crippen molar-refractivity contribution in [1.82, 2.24) is 19.5 Å². The lowest BCUT2D eigenvalue weighted by Gasteiger charge is -2.25. The number of aromatic amines is 1. The second-order valence-electron chi connectivity index (χ2n) is 6.22. The van der Waals surface area contributed by atoms with Gasteiger partial charge in [-0.1, -0.05) is 0 Å². The number of aliphatic hydroxyl groups excluding tert-OH is 1. The van der Waals surface area contributed by atoms with Crippen LogP contribution in [0.25, 0.3) is 11.2 Å². The third-order valence-corrected chi connectivity index (χ3v) is 4.78. The summed E-state index contributed by atoms with van der Waals surface area (Å²) < 4.78 is 27.7. The van der Waals surface area contributed by atoms with Gasteiger partial charge in [0.2, 0.25) is 5.95 Å². The molecule has 0 saturated carbocycles. The van der Waals surface area contributed by atoms with Gasteiger partial charge in [-0.3, -0.25) is 23.7 Å². The number of fused-ring (bicyclic) bond motifs is 1. The van der Waals surface area contributed by atoms with Crippen LogP contribution < -0.4 is 17.0 Å². The number of esters is 1. The molecule has 0 aliphatic carbocycles. The van der Waals surface area contributed by atoms with Gasteiger partial charge in [-0.25, -0.2) is 9.55 Å². The van der Waals surface area contributed by atoms with Gasteiger partial charge in [0.15, 0.2) is 23.5 Å². The zero-order valence-corrected chi connectivity index (χ0v) is 15.8. The van der Waals surface area contributed by atoms with Gasteiger partial charge >= 0.3 is 13.8 Å². The van der Waals surface area contributed by atoms with Crippen LogP contribution >= 0.6 is 7.82 Å². The highest BCUT2D eigenvalue weighted by molar-refractivity contribution is 7.46. The molecule has 1 aliphatic rings. The highest BCUT2D eigenvalue weighted by Gasteiger charge is 2.51. The molecule has 1 fully saturated rings. The first-order valence-corrected chi connectivity index (χ1v) is 9.74. The van der Waals surface area contributed by atoms with Crippen molar-refractivity contribution >= 4 is 30.9 Å². The maximum absolute atomic E-state index is 11.9. The van der Waals surface area contributed by atoms with E-state index in [2.05, 4.69) is 19.5 Å². The van der Waals surface area contributed by atoms with Crippen molar-refractivity contribution in [3.05, 3.63) is 16.7 Å². The SMILES string of the molecule is CC(OP(=O)(O)O)[C@H]1O[C@@H](n2cnc3c(=O)[nH]c(N)nc32)[C@H](O)[C@@H]1OC(=O)CN. The molecule has 2 aromatic heterocycles. The Morgan fingerprint density at radius 1 is 1.52 bits per heavy atom. The number of hydrogen-bond acceptors (Lipinski definition) is 11. The molecule has 15 nitrogen and oxygen atoms in total. The molecular weight excluding hydrogens is 415 g/mol. The van der Waals surface area contributed by atoms with Gasteiger partial charge in [-0.05, 0) is 6.92 Å². The minimum atomic E-state index is -4.91. The van der Waals surface area contributed by atoms with Crippen LogP contribution in [-0.2, 0) is 23.4 Å². The minimum absolute atomic E-state index is 0.0246. The first-order valence-electron chi connectivity index (χ1n) is 8.21. The predicted molar refractivity (Wildman–Crippen MR) is 94.0 cm³/mol. The largest absolute Gasteiger partial charge is 0.469 e. The Labute approximate surface area is 161 Å². The maximum Gasteiger partial charge on any atom is 0.469 e. The minimum Gasteiger partial charge on any atom is -0.456 e. The average Bonchev–Trinajstić information content (AvgIpc) is 3.15. The number of phosphoric acid groups is 1. The average molecular weight is 434 g/mol. The number of rotatable bonds is 6. The van der Waals surface area contributed by atoms with Crippen molar-refractivity contribution in [1.29, 1.82) is 0 Å². The van der Waals surface area contributed by atoms with Crippen molar-refractivity contribution in [3.8, 4) is 0 Å². The molecule has 16 heteroatoms. The number of carbonyl (C=O) groups excluding carboxylic acids is 1. The molecule has 0 radical (unpaired) electrons. The third-order valence-electron chi connectivity index (χ3n) is 4.17. The first-order chi connectivity index (χ1) is 13.5. The Bertz CT molecular complexity index is 1020. The zero-order chi connectivity index (χ0) is 21.5. The number of aliphatic hydroxyl groups is 1. The summed E-state index contributed by atoms with van der Waals surface area (Å²) in [7, 11) is -4.91. The summed E-state index contributed by atoms with van der Waals surface area (Å²) in [6.07, 6.45) is -5.68. The molecule has 3 rings (SSSR count). The van der Waals surface area contributed by atoms with Crippen LogP contribution in [0.2, 0.25) is 0 Å². The lowest BCUT2D eigenvalue weighted by atomic mass is 10.1. The molecule has 0 bridgehead atoms. The van der Waals surface area contributed by atoms with Crippen molar-refractivity contribution in [2.24, 2.45) is 5.73 Å². The predicted octanol–water partition coefficient (Wildman–Crippen LogP) is -2.67. The van der Waals surface area contributed by atoms with Crippen molar-refractivity contribution in [2.75, 3.05) is 12.3 Å². The molecule has 29 heavy (non-hydrogen) atoms.